The third-order valence-electron chi connectivity index (χ3n) is 6.36. The lowest BCUT2D eigenvalue weighted by molar-refractivity contribution is -0.132. The molecule has 5 rings (SSSR count). The smallest absolute Gasteiger partial charge is 0.222 e. The van der Waals surface area contributed by atoms with Gasteiger partial charge in [-0.15, -0.1) is 15.3 Å². The molecule has 3 heterocycles. The van der Waals surface area contributed by atoms with Gasteiger partial charge in [0.25, 0.3) is 0 Å². The van der Waals surface area contributed by atoms with E-state index in [1.54, 1.807) is 0 Å². The van der Waals surface area contributed by atoms with Gasteiger partial charge in [0.05, 0.1) is 0 Å². The van der Waals surface area contributed by atoms with Gasteiger partial charge in [-0.25, -0.2) is 0 Å². The first kappa shape index (κ1) is 17.0. The van der Waals surface area contributed by atoms with Crippen LogP contribution >= 0.6 is 0 Å². The van der Waals surface area contributed by atoms with Crippen molar-refractivity contribution in [2.75, 3.05) is 31.1 Å². The van der Waals surface area contributed by atoms with Crippen LogP contribution in [0.5, 0.6) is 0 Å². The molecule has 3 fully saturated rings. The molecule has 0 bridgehead atoms. The molecule has 0 N–H and O–H groups in total. The van der Waals surface area contributed by atoms with Crippen molar-refractivity contribution in [3.05, 3.63) is 18.0 Å². The average molecular weight is 368 g/mol. The molecule has 144 valence electrons. The summed E-state index contributed by atoms with van der Waals surface area (Å²) in [5.74, 6) is 3.44. The second-order valence-corrected chi connectivity index (χ2v) is 8.37. The number of rotatable bonds is 4. The molecule has 27 heavy (non-hydrogen) atoms. The number of piperazine rings is 1. The van der Waals surface area contributed by atoms with Crippen LogP contribution in [0.15, 0.2) is 12.1 Å². The van der Waals surface area contributed by atoms with Gasteiger partial charge in [0.15, 0.2) is 11.5 Å². The Bertz CT molecular complexity index is 815. The van der Waals surface area contributed by atoms with Crippen molar-refractivity contribution in [1.82, 2.24) is 24.7 Å². The summed E-state index contributed by atoms with van der Waals surface area (Å²) in [5.41, 5.74) is 0.821. The maximum absolute atomic E-state index is 12.6. The predicted octanol–water partition coefficient (Wildman–Crippen LogP) is 2.62. The van der Waals surface area contributed by atoms with Gasteiger partial charge in [0.2, 0.25) is 5.91 Å². The number of anilines is 1. The van der Waals surface area contributed by atoms with E-state index in [0.29, 0.717) is 17.7 Å². The molecular weight excluding hydrogens is 340 g/mol. The van der Waals surface area contributed by atoms with Crippen LogP contribution in [0, 0.1) is 5.92 Å². The minimum Gasteiger partial charge on any atom is -0.352 e. The Kier molecular flexibility index (Phi) is 4.45. The number of fused-ring (bicyclic) bond motifs is 1. The number of hydrogen-bond donors (Lipinski definition) is 0. The zero-order chi connectivity index (χ0) is 18.2. The standard InChI is InChI=1S/C20H28N6O/c27-19(14-15-4-2-1-3-5-15)25-12-10-24(11-13-25)18-9-8-17-21-22-20(16-6-7-16)26(17)23-18/h8-9,15-16H,1-7,10-14H2. The molecule has 1 aliphatic heterocycles. The average Bonchev–Trinajstić information content (AvgIpc) is 3.47. The molecule has 2 saturated carbocycles. The summed E-state index contributed by atoms with van der Waals surface area (Å²) >= 11 is 0. The molecule has 1 amide bonds. The van der Waals surface area contributed by atoms with Gasteiger partial charge in [0, 0.05) is 38.5 Å². The molecule has 0 unspecified atom stereocenters. The molecule has 0 atom stereocenters. The summed E-state index contributed by atoms with van der Waals surface area (Å²) in [7, 11) is 0. The SMILES string of the molecule is O=C(CC1CCCCC1)N1CCN(c2ccc3nnc(C4CC4)n3n2)CC1. The summed E-state index contributed by atoms with van der Waals surface area (Å²) in [5, 5.41) is 13.3. The Hall–Kier alpha value is -2.18. The first-order valence-electron chi connectivity index (χ1n) is 10.5. The van der Waals surface area contributed by atoms with Gasteiger partial charge in [-0.3, -0.25) is 4.79 Å². The van der Waals surface area contributed by atoms with Crippen molar-refractivity contribution in [3.63, 3.8) is 0 Å². The summed E-state index contributed by atoms with van der Waals surface area (Å²) in [4.78, 5) is 17.0. The lowest BCUT2D eigenvalue weighted by Gasteiger charge is -2.36. The molecule has 2 aliphatic carbocycles. The topological polar surface area (TPSA) is 66.6 Å². The van der Waals surface area contributed by atoms with Gasteiger partial charge < -0.3 is 9.80 Å². The van der Waals surface area contributed by atoms with Gasteiger partial charge in [-0.2, -0.15) is 4.52 Å². The number of hydrogen-bond acceptors (Lipinski definition) is 5. The van der Waals surface area contributed by atoms with E-state index in [2.05, 4.69) is 20.0 Å². The molecule has 2 aromatic heterocycles. The van der Waals surface area contributed by atoms with E-state index in [4.69, 9.17) is 5.10 Å². The van der Waals surface area contributed by atoms with Crippen LogP contribution in [-0.2, 0) is 4.79 Å². The van der Waals surface area contributed by atoms with Crippen molar-refractivity contribution >= 4 is 17.4 Å². The van der Waals surface area contributed by atoms with E-state index in [9.17, 15) is 4.79 Å². The van der Waals surface area contributed by atoms with Crippen molar-refractivity contribution in [1.29, 1.82) is 0 Å². The van der Waals surface area contributed by atoms with E-state index >= 15 is 0 Å². The lowest BCUT2D eigenvalue weighted by Crippen LogP contribution is -2.49. The molecule has 7 nitrogen and oxygen atoms in total. The number of aromatic nitrogens is 4. The normalized spacial score (nSPS) is 21.8. The van der Waals surface area contributed by atoms with Gasteiger partial charge >= 0.3 is 0 Å². The molecule has 3 aliphatic rings. The zero-order valence-electron chi connectivity index (χ0n) is 15.9. The summed E-state index contributed by atoms with van der Waals surface area (Å²) in [6, 6.07) is 4.03. The second-order valence-electron chi connectivity index (χ2n) is 8.37. The van der Waals surface area contributed by atoms with E-state index in [1.165, 1.54) is 44.9 Å². The quantitative estimate of drug-likeness (QED) is 0.830. The van der Waals surface area contributed by atoms with Gasteiger partial charge in [0.1, 0.15) is 5.82 Å². The van der Waals surface area contributed by atoms with Crippen LogP contribution in [0.3, 0.4) is 0 Å². The number of carbonyl (C=O) groups excluding carboxylic acids is 1. The predicted molar refractivity (Wildman–Crippen MR) is 103 cm³/mol. The fourth-order valence-electron chi connectivity index (χ4n) is 4.51. The Morgan fingerprint density at radius 3 is 2.48 bits per heavy atom. The fraction of sp³-hybridized carbons (Fsp3) is 0.700. The third kappa shape index (κ3) is 3.51. The van der Waals surface area contributed by atoms with E-state index in [-0.39, 0.29) is 0 Å². The minimum absolute atomic E-state index is 0.347. The maximum Gasteiger partial charge on any atom is 0.222 e. The van der Waals surface area contributed by atoms with Crippen molar-refractivity contribution in [2.45, 2.75) is 57.3 Å². The van der Waals surface area contributed by atoms with Crippen molar-refractivity contribution in [2.24, 2.45) is 5.92 Å². The first-order chi connectivity index (χ1) is 13.3. The molecular formula is C20H28N6O. The molecule has 1 saturated heterocycles. The van der Waals surface area contributed by atoms with E-state index in [0.717, 1.165) is 49.9 Å². The van der Waals surface area contributed by atoms with E-state index in [1.807, 2.05) is 16.6 Å². The fourth-order valence-corrected chi connectivity index (χ4v) is 4.51. The highest BCUT2D eigenvalue weighted by Crippen LogP contribution is 2.38. The molecule has 2 aromatic rings. The Labute approximate surface area is 159 Å². The van der Waals surface area contributed by atoms with Crippen LogP contribution in [0.25, 0.3) is 5.65 Å². The highest BCUT2D eigenvalue weighted by atomic mass is 16.2. The molecule has 0 spiro atoms. The van der Waals surface area contributed by atoms with Gasteiger partial charge in [-0.1, -0.05) is 19.3 Å². The Balaban J connectivity index is 1.21. The largest absolute Gasteiger partial charge is 0.352 e. The maximum atomic E-state index is 12.6. The highest BCUT2D eigenvalue weighted by molar-refractivity contribution is 5.76. The number of carbonyl (C=O) groups is 1. The number of amides is 1. The van der Waals surface area contributed by atoms with Crippen LogP contribution in [0.4, 0.5) is 5.82 Å². The van der Waals surface area contributed by atoms with Crippen LogP contribution in [0.1, 0.15) is 63.1 Å². The minimum atomic E-state index is 0.347. The monoisotopic (exact) mass is 368 g/mol. The molecule has 7 heteroatoms. The summed E-state index contributed by atoms with van der Waals surface area (Å²) in [6.07, 6.45) is 9.53. The van der Waals surface area contributed by atoms with Crippen molar-refractivity contribution < 1.29 is 4.79 Å². The number of nitrogens with zero attached hydrogens (tertiary/aromatic N) is 6. The summed E-state index contributed by atoms with van der Waals surface area (Å²) < 4.78 is 1.91. The van der Waals surface area contributed by atoms with Gasteiger partial charge in [-0.05, 0) is 43.7 Å². The van der Waals surface area contributed by atoms with Crippen molar-refractivity contribution in [3.8, 4) is 0 Å². The van der Waals surface area contributed by atoms with E-state index < -0.39 is 0 Å². The van der Waals surface area contributed by atoms with Crippen LogP contribution in [0.2, 0.25) is 0 Å². The Morgan fingerprint density at radius 1 is 0.963 bits per heavy atom. The first-order valence-corrected chi connectivity index (χ1v) is 10.5. The molecule has 0 radical (unpaired) electrons. The van der Waals surface area contributed by atoms with Crippen LogP contribution < -0.4 is 4.90 Å². The second kappa shape index (κ2) is 7.09. The van der Waals surface area contributed by atoms with Crippen LogP contribution in [-0.4, -0.2) is 56.8 Å². The lowest BCUT2D eigenvalue weighted by atomic mass is 9.86. The summed E-state index contributed by atoms with van der Waals surface area (Å²) in [6.45, 7) is 3.28. The molecule has 0 aromatic carbocycles. The Morgan fingerprint density at radius 2 is 1.74 bits per heavy atom. The zero-order valence-corrected chi connectivity index (χ0v) is 15.9. The third-order valence-corrected chi connectivity index (χ3v) is 6.36. The highest BCUT2D eigenvalue weighted by Gasteiger charge is 2.30.